The van der Waals surface area contributed by atoms with Crippen molar-refractivity contribution in [3.63, 3.8) is 0 Å². The van der Waals surface area contributed by atoms with Crippen LogP contribution >= 0.6 is 0 Å². The standard InChI is InChI=1S/C12H16N4O2/c1-16-9(7-14-15-16)11(13)8-5-4-6-10(17-2)12(8)18-3/h4-7,11H,13H2,1-3H3. The van der Waals surface area contributed by atoms with E-state index in [0.29, 0.717) is 11.5 Å². The molecule has 2 rings (SSSR count). The molecule has 1 heterocycles. The number of aromatic nitrogens is 3. The van der Waals surface area contributed by atoms with Crippen LogP contribution in [0.5, 0.6) is 11.5 Å². The van der Waals surface area contributed by atoms with E-state index in [1.807, 2.05) is 18.2 Å². The van der Waals surface area contributed by atoms with Crippen LogP contribution < -0.4 is 15.2 Å². The van der Waals surface area contributed by atoms with Crippen molar-refractivity contribution in [2.75, 3.05) is 14.2 Å². The monoisotopic (exact) mass is 248 g/mol. The van der Waals surface area contributed by atoms with E-state index in [9.17, 15) is 0 Å². The molecule has 0 radical (unpaired) electrons. The van der Waals surface area contributed by atoms with E-state index in [1.54, 1.807) is 32.1 Å². The van der Waals surface area contributed by atoms with Gasteiger partial charge in [0, 0.05) is 12.6 Å². The number of nitrogens with zero attached hydrogens (tertiary/aromatic N) is 3. The third-order valence-electron chi connectivity index (χ3n) is 2.84. The maximum atomic E-state index is 6.23. The van der Waals surface area contributed by atoms with Crippen LogP contribution in [0.4, 0.5) is 0 Å². The van der Waals surface area contributed by atoms with Gasteiger partial charge in [-0.1, -0.05) is 17.3 Å². The summed E-state index contributed by atoms with van der Waals surface area (Å²) in [6, 6.07) is 5.24. The second-order valence-corrected chi connectivity index (χ2v) is 3.84. The molecule has 0 saturated carbocycles. The van der Waals surface area contributed by atoms with E-state index >= 15 is 0 Å². The third-order valence-corrected chi connectivity index (χ3v) is 2.84. The average molecular weight is 248 g/mol. The van der Waals surface area contributed by atoms with E-state index in [1.165, 1.54) is 0 Å². The van der Waals surface area contributed by atoms with Gasteiger partial charge in [-0.3, -0.25) is 4.68 Å². The Balaban J connectivity index is 2.48. The Labute approximate surface area is 105 Å². The topological polar surface area (TPSA) is 75.2 Å². The quantitative estimate of drug-likeness (QED) is 0.869. The highest BCUT2D eigenvalue weighted by Gasteiger charge is 2.19. The second-order valence-electron chi connectivity index (χ2n) is 3.84. The molecule has 1 unspecified atom stereocenters. The van der Waals surface area contributed by atoms with Crippen LogP contribution in [0.2, 0.25) is 0 Å². The maximum Gasteiger partial charge on any atom is 0.165 e. The van der Waals surface area contributed by atoms with Crippen LogP contribution in [0.3, 0.4) is 0 Å². The Morgan fingerprint density at radius 2 is 2.06 bits per heavy atom. The van der Waals surface area contributed by atoms with E-state index < -0.39 is 0 Å². The molecular formula is C12H16N4O2. The number of ether oxygens (including phenoxy) is 2. The van der Waals surface area contributed by atoms with Gasteiger partial charge in [-0.25, -0.2) is 0 Å². The Hall–Kier alpha value is -2.08. The van der Waals surface area contributed by atoms with Gasteiger partial charge >= 0.3 is 0 Å². The zero-order valence-electron chi connectivity index (χ0n) is 10.6. The summed E-state index contributed by atoms with van der Waals surface area (Å²) in [7, 11) is 4.99. The molecule has 0 bridgehead atoms. The molecule has 2 aromatic rings. The summed E-state index contributed by atoms with van der Waals surface area (Å²) >= 11 is 0. The number of para-hydroxylation sites is 1. The molecule has 0 saturated heterocycles. The summed E-state index contributed by atoms with van der Waals surface area (Å²) in [5.74, 6) is 1.29. The molecule has 1 atom stereocenters. The lowest BCUT2D eigenvalue weighted by Crippen LogP contribution is -2.17. The third kappa shape index (κ3) is 2.02. The summed E-state index contributed by atoms with van der Waals surface area (Å²) in [6.45, 7) is 0. The minimum absolute atomic E-state index is 0.366. The normalized spacial score (nSPS) is 12.2. The first-order valence-electron chi connectivity index (χ1n) is 5.50. The number of benzene rings is 1. The zero-order valence-corrected chi connectivity index (χ0v) is 10.6. The largest absolute Gasteiger partial charge is 0.493 e. The highest BCUT2D eigenvalue weighted by Crippen LogP contribution is 2.35. The van der Waals surface area contributed by atoms with Crippen LogP contribution in [0.15, 0.2) is 24.4 Å². The van der Waals surface area contributed by atoms with Crippen molar-refractivity contribution in [1.82, 2.24) is 15.0 Å². The summed E-state index contributed by atoms with van der Waals surface area (Å²) in [5.41, 5.74) is 7.87. The molecule has 0 aliphatic heterocycles. The Morgan fingerprint density at radius 3 is 2.61 bits per heavy atom. The molecule has 6 heteroatoms. The van der Waals surface area contributed by atoms with Gasteiger partial charge in [0.2, 0.25) is 0 Å². The van der Waals surface area contributed by atoms with Gasteiger partial charge in [0.25, 0.3) is 0 Å². The Morgan fingerprint density at radius 1 is 1.28 bits per heavy atom. The molecule has 96 valence electrons. The van der Waals surface area contributed by atoms with Crippen LogP contribution in [0.1, 0.15) is 17.3 Å². The van der Waals surface area contributed by atoms with Gasteiger partial charge in [0.1, 0.15) is 0 Å². The lowest BCUT2D eigenvalue weighted by Gasteiger charge is -2.17. The van der Waals surface area contributed by atoms with E-state index in [2.05, 4.69) is 10.3 Å². The fourth-order valence-corrected chi connectivity index (χ4v) is 1.90. The first-order chi connectivity index (χ1) is 8.69. The molecule has 0 spiro atoms. The molecule has 1 aromatic carbocycles. The Kier molecular flexibility index (Phi) is 3.47. The summed E-state index contributed by atoms with van der Waals surface area (Å²) in [6.07, 6.45) is 1.64. The van der Waals surface area contributed by atoms with E-state index in [0.717, 1.165) is 11.3 Å². The molecule has 0 aliphatic rings. The molecule has 18 heavy (non-hydrogen) atoms. The van der Waals surface area contributed by atoms with Gasteiger partial charge < -0.3 is 15.2 Å². The van der Waals surface area contributed by atoms with Crippen molar-refractivity contribution in [3.05, 3.63) is 35.7 Å². The lowest BCUT2D eigenvalue weighted by molar-refractivity contribution is 0.350. The first kappa shape index (κ1) is 12.4. The predicted octanol–water partition coefficient (Wildman–Crippen LogP) is 0.880. The summed E-state index contributed by atoms with van der Waals surface area (Å²) < 4.78 is 12.3. The van der Waals surface area contributed by atoms with Crippen LogP contribution in [0.25, 0.3) is 0 Å². The zero-order chi connectivity index (χ0) is 13.1. The number of rotatable bonds is 4. The lowest BCUT2D eigenvalue weighted by atomic mass is 10.0. The van der Waals surface area contributed by atoms with Gasteiger partial charge in [-0.15, -0.1) is 5.10 Å². The van der Waals surface area contributed by atoms with Crippen LogP contribution in [0, 0.1) is 0 Å². The average Bonchev–Trinajstić information content (AvgIpc) is 2.83. The van der Waals surface area contributed by atoms with Gasteiger partial charge in [-0.05, 0) is 6.07 Å². The molecule has 2 N–H and O–H groups in total. The van der Waals surface area contributed by atoms with E-state index in [-0.39, 0.29) is 6.04 Å². The number of methoxy groups -OCH3 is 2. The molecule has 0 aliphatic carbocycles. The van der Waals surface area contributed by atoms with Crippen molar-refractivity contribution in [1.29, 1.82) is 0 Å². The summed E-state index contributed by atoms with van der Waals surface area (Å²) in [5, 5.41) is 7.70. The Bertz CT molecular complexity index is 539. The number of hydrogen-bond acceptors (Lipinski definition) is 5. The van der Waals surface area contributed by atoms with Gasteiger partial charge in [-0.2, -0.15) is 0 Å². The van der Waals surface area contributed by atoms with E-state index in [4.69, 9.17) is 15.2 Å². The fourth-order valence-electron chi connectivity index (χ4n) is 1.90. The van der Waals surface area contributed by atoms with Gasteiger partial charge in [0.15, 0.2) is 11.5 Å². The number of nitrogens with two attached hydrogens (primary N) is 1. The number of aryl methyl sites for hydroxylation is 1. The summed E-state index contributed by atoms with van der Waals surface area (Å²) in [4.78, 5) is 0. The minimum Gasteiger partial charge on any atom is -0.493 e. The minimum atomic E-state index is -0.366. The highest BCUT2D eigenvalue weighted by molar-refractivity contribution is 5.49. The maximum absolute atomic E-state index is 6.23. The van der Waals surface area contributed by atoms with Crippen molar-refractivity contribution >= 4 is 0 Å². The highest BCUT2D eigenvalue weighted by atomic mass is 16.5. The van der Waals surface area contributed by atoms with Crippen molar-refractivity contribution in [3.8, 4) is 11.5 Å². The first-order valence-corrected chi connectivity index (χ1v) is 5.50. The van der Waals surface area contributed by atoms with Crippen molar-refractivity contribution in [2.24, 2.45) is 12.8 Å². The number of hydrogen-bond donors (Lipinski definition) is 1. The van der Waals surface area contributed by atoms with Crippen LogP contribution in [-0.2, 0) is 7.05 Å². The second kappa shape index (κ2) is 5.05. The molecular weight excluding hydrogens is 232 g/mol. The van der Waals surface area contributed by atoms with Gasteiger partial charge in [0.05, 0.1) is 32.2 Å². The molecule has 0 fully saturated rings. The van der Waals surface area contributed by atoms with Crippen LogP contribution in [-0.4, -0.2) is 29.2 Å². The SMILES string of the molecule is COc1cccc(C(N)c2cnnn2C)c1OC. The fraction of sp³-hybridized carbons (Fsp3) is 0.333. The smallest absolute Gasteiger partial charge is 0.165 e. The molecule has 6 nitrogen and oxygen atoms in total. The predicted molar refractivity (Wildman–Crippen MR) is 66.6 cm³/mol. The van der Waals surface area contributed by atoms with Crippen molar-refractivity contribution < 1.29 is 9.47 Å². The van der Waals surface area contributed by atoms with Crippen molar-refractivity contribution in [2.45, 2.75) is 6.04 Å². The molecule has 0 amide bonds. The molecule has 1 aromatic heterocycles.